The number of aromatic nitrogens is 4. The van der Waals surface area contributed by atoms with Crippen LogP contribution in [-0.4, -0.2) is 48.4 Å². The molecule has 34 heavy (non-hydrogen) atoms. The van der Waals surface area contributed by atoms with Crippen molar-refractivity contribution in [2.24, 2.45) is 0 Å². The van der Waals surface area contributed by atoms with Crippen LogP contribution in [0.25, 0.3) is 22.1 Å². The molecule has 180 valence electrons. The maximum Gasteiger partial charge on any atom is 0.213 e. The van der Waals surface area contributed by atoms with E-state index in [2.05, 4.69) is 19.9 Å². The summed E-state index contributed by atoms with van der Waals surface area (Å²) < 4.78 is 20.8. The molecular formula is C24H26Cl2N4O4. The molecule has 0 spiro atoms. The Morgan fingerprint density at radius 3 is 1.35 bits per heavy atom. The Kier molecular flexibility index (Phi) is 8.79. The number of hydrogen-bond acceptors (Lipinski definition) is 8. The first-order chi connectivity index (χ1) is 16.3. The van der Waals surface area contributed by atoms with E-state index >= 15 is 0 Å². The lowest BCUT2D eigenvalue weighted by atomic mass is 10.1. The Hall–Kier alpha value is -2.78. The van der Waals surface area contributed by atoms with Crippen LogP contribution in [0.3, 0.4) is 0 Å². The summed E-state index contributed by atoms with van der Waals surface area (Å²) in [4.78, 5) is 17.2. The lowest BCUT2D eigenvalue weighted by molar-refractivity contribution is 0.120. The monoisotopic (exact) mass is 504 g/mol. The normalized spacial score (nSPS) is 12.7. The van der Waals surface area contributed by atoms with Crippen LogP contribution < -0.4 is 9.47 Å². The minimum atomic E-state index is -0.146. The number of halogens is 2. The molecule has 4 aromatic heterocycles. The van der Waals surface area contributed by atoms with E-state index in [4.69, 9.17) is 42.1 Å². The zero-order valence-corrected chi connectivity index (χ0v) is 21.3. The smallest absolute Gasteiger partial charge is 0.213 e. The van der Waals surface area contributed by atoms with Crippen molar-refractivity contribution >= 4 is 45.3 Å². The summed E-state index contributed by atoms with van der Waals surface area (Å²) in [6.07, 6.45) is 2.94. The fourth-order valence-corrected chi connectivity index (χ4v) is 3.91. The molecule has 4 aromatic rings. The highest BCUT2D eigenvalue weighted by atomic mass is 35.5. The standard InChI is InChI=1S/2C12H13ClN2O2/c2*1-7(16-2)11-8(13)6-14-9-4-5-10(17-3)15-12(9)11/h2*4-7H,1-3H3. The van der Waals surface area contributed by atoms with Gasteiger partial charge in [-0.15, -0.1) is 0 Å². The third-order valence-electron chi connectivity index (χ3n) is 5.29. The molecule has 8 nitrogen and oxygen atoms in total. The predicted molar refractivity (Wildman–Crippen MR) is 133 cm³/mol. The van der Waals surface area contributed by atoms with Gasteiger partial charge >= 0.3 is 0 Å². The predicted octanol–water partition coefficient (Wildman–Crippen LogP) is 6.00. The van der Waals surface area contributed by atoms with Crippen LogP contribution in [0, 0.1) is 0 Å². The summed E-state index contributed by atoms with van der Waals surface area (Å²) in [7, 11) is 6.41. The Morgan fingerprint density at radius 2 is 1.03 bits per heavy atom. The van der Waals surface area contributed by atoms with E-state index in [0.29, 0.717) is 32.8 Å². The van der Waals surface area contributed by atoms with Gasteiger partial charge in [-0.1, -0.05) is 23.2 Å². The third-order valence-corrected chi connectivity index (χ3v) is 5.90. The molecule has 4 rings (SSSR count). The van der Waals surface area contributed by atoms with Crippen LogP contribution in [0.1, 0.15) is 37.2 Å². The van der Waals surface area contributed by atoms with Crippen LogP contribution >= 0.6 is 23.2 Å². The number of pyridine rings is 4. The first kappa shape index (κ1) is 25.8. The van der Waals surface area contributed by atoms with Crippen LogP contribution in [0.5, 0.6) is 11.8 Å². The van der Waals surface area contributed by atoms with Crippen molar-refractivity contribution in [3.05, 3.63) is 57.8 Å². The van der Waals surface area contributed by atoms with Gasteiger partial charge in [0, 0.05) is 49.9 Å². The Morgan fingerprint density at radius 1 is 0.647 bits per heavy atom. The topological polar surface area (TPSA) is 88.5 Å². The van der Waals surface area contributed by atoms with Crippen LogP contribution in [0.2, 0.25) is 10.0 Å². The van der Waals surface area contributed by atoms with Crippen molar-refractivity contribution in [3.8, 4) is 11.8 Å². The molecule has 0 aliphatic carbocycles. The first-order valence-corrected chi connectivity index (χ1v) is 11.1. The number of methoxy groups -OCH3 is 4. The van der Waals surface area contributed by atoms with Gasteiger partial charge in [0.15, 0.2) is 0 Å². The molecule has 4 heterocycles. The van der Waals surface area contributed by atoms with Gasteiger partial charge in [0.2, 0.25) is 11.8 Å². The van der Waals surface area contributed by atoms with E-state index < -0.39 is 0 Å². The van der Waals surface area contributed by atoms with Gasteiger partial charge in [0.25, 0.3) is 0 Å². The lowest BCUT2D eigenvalue weighted by Crippen LogP contribution is -2.01. The fourth-order valence-electron chi connectivity index (χ4n) is 3.33. The molecule has 10 heteroatoms. The van der Waals surface area contributed by atoms with Crippen LogP contribution in [-0.2, 0) is 9.47 Å². The molecule has 0 fully saturated rings. The van der Waals surface area contributed by atoms with E-state index in [-0.39, 0.29) is 12.2 Å². The lowest BCUT2D eigenvalue weighted by Gasteiger charge is -2.14. The Balaban J connectivity index is 0.000000191. The molecule has 2 atom stereocenters. The number of nitrogens with zero attached hydrogens (tertiary/aromatic N) is 4. The second-order valence-electron chi connectivity index (χ2n) is 7.24. The first-order valence-electron chi connectivity index (χ1n) is 10.4. The zero-order chi connectivity index (χ0) is 24.8. The van der Waals surface area contributed by atoms with Gasteiger partial charge in [-0.2, -0.15) is 0 Å². The highest BCUT2D eigenvalue weighted by Gasteiger charge is 2.17. The minimum Gasteiger partial charge on any atom is -0.481 e. The zero-order valence-electron chi connectivity index (χ0n) is 19.8. The summed E-state index contributed by atoms with van der Waals surface area (Å²) in [5, 5.41) is 1.10. The Labute approximate surface area is 208 Å². The van der Waals surface area contributed by atoms with Crippen LogP contribution in [0.15, 0.2) is 36.7 Å². The van der Waals surface area contributed by atoms with Crippen molar-refractivity contribution in [2.75, 3.05) is 28.4 Å². The molecule has 0 aliphatic rings. The molecule has 0 bridgehead atoms. The SMILES string of the molecule is COc1ccc2ncc(Cl)c(C(C)OC)c2n1.COc1ccc2ncc(Cl)c(C(C)OC)c2n1. The summed E-state index contributed by atoms with van der Waals surface area (Å²) in [5.74, 6) is 1.07. The molecule has 0 saturated carbocycles. The van der Waals surface area contributed by atoms with Crippen molar-refractivity contribution in [3.63, 3.8) is 0 Å². The van der Waals surface area contributed by atoms with Gasteiger partial charge in [-0.25, -0.2) is 9.97 Å². The molecule has 0 saturated heterocycles. The molecule has 0 radical (unpaired) electrons. The van der Waals surface area contributed by atoms with Gasteiger partial charge in [-0.3, -0.25) is 9.97 Å². The second-order valence-corrected chi connectivity index (χ2v) is 8.05. The van der Waals surface area contributed by atoms with Crippen molar-refractivity contribution in [2.45, 2.75) is 26.1 Å². The second kappa shape index (κ2) is 11.6. The largest absolute Gasteiger partial charge is 0.481 e. The van der Waals surface area contributed by atoms with Crippen molar-refractivity contribution < 1.29 is 18.9 Å². The number of hydrogen-bond donors (Lipinski definition) is 0. The van der Waals surface area contributed by atoms with Crippen LogP contribution in [0.4, 0.5) is 0 Å². The minimum absolute atomic E-state index is 0.146. The summed E-state index contributed by atoms with van der Waals surface area (Å²) in [6, 6.07) is 7.24. The average Bonchev–Trinajstić information content (AvgIpc) is 2.87. The van der Waals surface area contributed by atoms with Gasteiger partial charge in [0.05, 0.1) is 47.5 Å². The van der Waals surface area contributed by atoms with Gasteiger partial charge < -0.3 is 18.9 Å². The summed E-state index contributed by atoms with van der Waals surface area (Å²) in [6.45, 7) is 3.84. The summed E-state index contributed by atoms with van der Waals surface area (Å²) >= 11 is 12.3. The van der Waals surface area contributed by atoms with E-state index in [0.717, 1.165) is 22.2 Å². The van der Waals surface area contributed by atoms with Crippen molar-refractivity contribution in [1.29, 1.82) is 0 Å². The molecular weight excluding hydrogens is 479 g/mol. The molecule has 0 amide bonds. The third kappa shape index (κ3) is 5.47. The maximum atomic E-state index is 6.15. The number of ether oxygens (including phenoxy) is 4. The molecule has 0 N–H and O–H groups in total. The highest BCUT2D eigenvalue weighted by Crippen LogP contribution is 2.32. The molecule has 0 aliphatic heterocycles. The summed E-state index contributed by atoms with van der Waals surface area (Å²) in [5.41, 5.74) is 4.64. The average molecular weight is 505 g/mol. The number of rotatable bonds is 6. The maximum absolute atomic E-state index is 6.15. The fraction of sp³-hybridized carbons (Fsp3) is 0.333. The van der Waals surface area contributed by atoms with E-state index in [1.54, 1.807) is 53.0 Å². The quantitative estimate of drug-likeness (QED) is 0.315. The Bertz CT molecular complexity index is 1190. The van der Waals surface area contributed by atoms with E-state index in [9.17, 15) is 0 Å². The van der Waals surface area contributed by atoms with E-state index in [1.165, 1.54) is 0 Å². The highest BCUT2D eigenvalue weighted by molar-refractivity contribution is 6.32. The van der Waals surface area contributed by atoms with E-state index in [1.807, 2.05) is 26.0 Å². The molecule has 0 aromatic carbocycles. The molecule has 2 unspecified atom stereocenters. The van der Waals surface area contributed by atoms with Gasteiger partial charge in [-0.05, 0) is 26.0 Å². The number of fused-ring (bicyclic) bond motifs is 2. The van der Waals surface area contributed by atoms with Crippen molar-refractivity contribution in [1.82, 2.24) is 19.9 Å². The van der Waals surface area contributed by atoms with Gasteiger partial charge in [0.1, 0.15) is 11.0 Å².